The van der Waals surface area contributed by atoms with Gasteiger partial charge in [-0.05, 0) is 57.3 Å². The number of carbonyl (C=O) groups excluding carboxylic acids is 2. The van der Waals surface area contributed by atoms with Crippen LogP contribution in [-0.2, 0) is 17.6 Å². The normalized spacial score (nSPS) is 12.3. The number of thiazole rings is 1. The van der Waals surface area contributed by atoms with Gasteiger partial charge in [0, 0.05) is 56.1 Å². The van der Waals surface area contributed by atoms with Gasteiger partial charge in [0.05, 0.1) is 22.0 Å². The van der Waals surface area contributed by atoms with Crippen molar-refractivity contribution < 1.29 is 14.0 Å². The molecule has 1 aromatic carbocycles. The van der Waals surface area contributed by atoms with Crippen molar-refractivity contribution >= 4 is 28.3 Å². The first-order valence-corrected chi connectivity index (χ1v) is 13.0. The van der Waals surface area contributed by atoms with Crippen molar-refractivity contribution in [1.82, 2.24) is 29.5 Å². The van der Waals surface area contributed by atoms with Crippen molar-refractivity contribution in [3.63, 3.8) is 0 Å². The molecule has 0 spiro atoms. The molecule has 1 aliphatic rings. The largest absolute Gasteiger partial charge is 0.340 e. The second-order valence-corrected chi connectivity index (χ2v) is 10.5. The summed E-state index contributed by atoms with van der Waals surface area (Å²) in [4.78, 5) is 37.8. The molecule has 9 nitrogen and oxygen atoms in total. The number of pyridine rings is 1. The zero-order chi connectivity index (χ0) is 27.0. The molecule has 0 fully saturated rings. The number of aromatic nitrogens is 4. The minimum absolute atomic E-state index is 0.206. The molecule has 4 aromatic rings. The van der Waals surface area contributed by atoms with Crippen molar-refractivity contribution in [2.75, 3.05) is 39.5 Å². The Hall–Kier alpha value is -3.96. The van der Waals surface area contributed by atoms with E-state index in [4.69, 9.17) is 5.10 Å². The van der Waals surface area contributed by atoms with E-state index in [1.54, 1.807) is 41.2 Å². The number of fused-ring (bicyclic) bond motifs is 3. The van der Waals surface area contributed by atoms with Gasteiger partial charge >= 0.3 is 0 Å². The van der Waals surface area contributed by atoms with Crippen LogP contribution in [0.5, 0.6) is 0 Å². The maximum absolute atomic E-state index is 15.7. The summed E-state index contributed by atoms with van der Waals surface area (Å²) >= 11 is 1.34. The molecule has 11 heteroatoms. The second kappa shape index (κ2) is 10.4. The topological polar surface area (TPSA) is 96.2 Å². The molecule has 1 N–H and O–H groups in total. The summed E-state index contributed by atoms with van der Waals surface area (Å²) in [7, 11) is 5.58. The highest BCUT2D eigenvalue weighted by molar-refractivity contribution is 7.19. The molecule has 0 unspecified atom stereocenters. The molecule has 0 radical (unpaired) electrons. The number of nitrogens with one attached hydrogen (secondary N) is 1. The number of anilines is 1. The van der Waals surface area contributed by atoms with E-state index in [1.807, 2.05) is 31.1 Å². The molecular weight excluding hydrogens is 505 g/mol. The quantitative estimate of drug-likeness (QED) is 0.387. The van der Waals surface area contributed by atoms with Crippen molar-refractivity contribution in [2.45, 2.75) is 19.8 Å². The average molecular weight is 534 g/mol. The van der Waals surface area contributed by atoms with E-state index in [0.717, 1.165) is 33.1 Å². The molecule has 2 amide bonds. The van der Waals surface area contributed by atoms with Gasteiger partial charge in [-0.1, -0.05) is 11.3 Å². The Bertz CT molecular complexity index is 1510. The maximum atomic E-state index is 15.7. The summed E-state index contributed by atoms with van der Waals surface area (Å²) in [6.07, 6.45) is 4.76. The lowest BCUT2D eigenvalue weighted by Gasteiger charge is -2.20. The lowest BCUT2D eigenvalue weighted by molar-refractivity contribution is -0.114. The first-order valence-electron chi connectivity index (χ1n) is 12.2. The molecule has 0 atom stereocenters. The SMILES string of the molecule is CC(=O)Nc1nc2c(s1)-c1c(c(-c3cccnc3)nn1-c1ccc(C(=O)N(C)CCN(C)C)cc1F)CC2. The number of carbonyl (C=O) groups is 2. The highest BCUT2D eigenvalue weighted by atomic mass is 32.1. The van der Waals surface area contributed by atoms with Crippen molar-refractivity contribution in [1.29, 1.82) is 0 Å². The van der Waals surface area contributed by atoms with Gasteiger partial charge in [-0.15, -0.1) is 0 Å². The van der Waals surface area contributed by atoms with Crippen LogP contribution in [0.1, 0.15) is 28.5 Å². The van der Waals surface area contributed by atoms with Gasteiger partial charge in [-0.2, -0.15) is 5.10 Å². The standard InChI is InChI=1S/C27H28FN7O2S/c1-16(36)30-27-31-21-9-8-19-23(18-6-5-11-29-15-18)32-35(24(19)25(21)38-27)22-10-7-17(14-20(22)28)26(37)34(4)13-12-33(2)3/h5-7,10-11,14-15H,8-9,12-13H2,1-4H3,(H,30,31,36). The lowest BCUT2D eigenvalue weighted by atomic mass is 9.95. The third-order valence-electron chi connectivity index (χ3n) is 6.38. The molecule has 0 bridgehead atoms. The fourth-order valence-corrected chi connectivity index (χ4v) is 5.58. The number of hydrogen-bond acceptors (Lipinski definition) is 7. The summed E-state index contributed by atoms with van der Waals surface area (Å²) in [6.45, 7) is 2.67. The predicted octanol–water partition coefficient (Wildman–Crippen LogP) is 3.89. The van der Waals surface area contributed by atoms with Gasteiger partial charge < -0.3 is 15.1 Å². The summed E-state index contributed by atoms with van der Waals surface area (Å²) in [5, 5.41) is 8.10. The van der Waals surface area contributed by atoms with E-state index >= 15 is 4.39 Å². The Morgan fingerprint density at radius 1 is 1.16 bits per heavy atom. The van der Waals surface area contributed by atoms with Crippen molar-refractivity contribution in [2.24, 2.45) is 0 Å². The summed E-state index contributed by atoms with van der Waals surface area (Å²) < 4.78 is 17.3. The number of aryl methyl sites for hydroxylation is 1. The van der Waals surface area contributed by atoms with Crippen LogP contribution in [0.25, 0.3) is 27.5 Å². The molecule has 0 saturated heterocycles. The second-order valence-electron chi connectivity index (χ2n) is 9.50. The van der Waals surface area contributed by atoms with Gasteiger partial charge in [0.25, 0.3) is 5.91 Å². The lowest BCUT2D eigenvalue weighted by Crippen LogP contribution is -2.33. The highest BCUT2D eigenvalue weighted by Crippen LogP contribution is 2.44. The van der Waals surface area contributed by atoms with Crippen LogP contribution in [0.4, 0.5) is 9.52 Å². The average Bonchev–Trinajstić information content (AvgIpc) is 3.47. The van der Waals surface area contributed by atoms with Crippen LogP contribution in [0, 0.1) is 5.82 Å². The van der Waals surface area contributed by atoms with Gasteiger partial charge in [-0.25, -0.2) is 14.1 Å². The maximum Gasteiger partial charge on any atom is 0.253 e. The number of hydrogen-bond donors (Lipinski definition) is 1. The van der Waals surface area contributed by atoms with Gasteiger partial charge in [0.15, 0.2) is 5.13 Å². The number of halogens is 1. The molecule has 1 aliphatic carbocycles. The van der Waals surface area contributed by atoms with E-state index in [-0.39, 0.29) is 23.1 Å². The summed E-state index contributed by atoms with van der Waals surface area (Å²) in [5.41, 5.74) is 4.58. The summed E-state index contributed by atoms with van der Waals surface area (Å²) in [5.74, 6) is -1.01. The van der Waals surface area contributed by atoms with E-state index < -0.39 is 5.82 Å². The monoisotopic (exact) mass is 533 g/mol. The van der Waals surface area contributed by atoms with Crippen LogP contribution in [0.2, 0.25) is 0 Å². The van der Waals surface area contributed by atoms with Crippen LogP contribution in [0.15, 0.2) is 42.7 Å². The molecule has 3 aromatic heterocycles. The zero-order valence-corrected chi connectivity index (χ0v) is 22.5. The third-order valence-corrected chi connectivity index (χ3v) is 7.40. The van der Waals surface area contributed by atoms with Crippen LogP contribution >= 0.6 is 11.3 Å². The number of likely N-dealkylation sites (N-methyl/N-ethyl adjacent to an activating group) is 2. The van der Waals surface area contributed by atoms with E-state index in [2.05, 4.69) is 15.3 Å². The Morgan fingerprint density at radius 3 is 2.66 bits per heavy atom. The zero-order valence-electron chi connectivity index (χ0n) is 21.7. The molecule has 5 rings (SSSR count). The van der Waals surface area contributed by atoms with Gasteiger partial charge in [-0.3, -0.25) is 14.6 Å². The number of amides is 2. The van der Waals surface area contributed by atoms with Crippen LogP contribution < -0.4 is 5.32 Å². The fraction of sp³-hybridized carbons (Fsp3) is 0.296. The van der Waals surface area contributed by atoms with Crippen molar-refractivity contribution in [3.8, 4) is 27.5 Å². The van der Waals surface area contributed by atoms with E-state index in [9.17, 15) is 9.59 Å². The predicted molar refractivity (Wildman–Crippen MR) is 145 cm³/mol. The highest BCUT2D eigenvalue weighted by Gasteiger charge is 2.31. The fourth-order valence-electron chi connectivity index (χ4n) is 4.47. The Morgan fingerprint density at radius 2 is 1.97 bits per heavy atom. The van der Waals surface area contributed by atoms with Crippen molar-refractivity contribution in [3.05, 3.63) is 65.4 Å². The third kappa shape index (κ3) is 4.94. The smallest absolute Gasteiger partial charge is 0.253 e. The molecular formula is C27H28FN7O2S. The first kappa shape index (κ1) is 25.7. The molecule has 196 valence electrons. The molecule has 0 aliphatic heterocycles. The number of benzene rings is 1. The Kier molecular flexibility index (Phi) is 7.04. The number of rotatable bonds is 7. The molecule has 0 saturated carbocycles. The van der Waals surface area contributed by atoms with E-state index in [0.29, 0.717) is 31.1 Å². The Labute approximate surface area is 223 Å². The van der Waals surface area contributed by atoms with Crippen LogP contribution in [-0.4, -0.2) is 75.6 Å². The minimum atomic E-state index is -0.557. The molecule has 3 heterocycles. The minimum Gasteiger partial charge on any atom is -0.340 e. The van der Waals surface area contributed by atoms with Crippen LogP contribution in [0.3, 0.4) is 0 Å². The molecule has 38 heavy (non-hydrogen) atoms. The van der Waals surface area contributed by atoms with Gasteiger partial charge in [0.2, 0.25) is 5.91 Å². The Balaban J connectivity index is 1.60. The summed E-state index contributed by atoms with van der Waals surface area (Å²) in [6, 6.07) is 8.24. The van der Waals surface area contributed by atoms with E-state index in [1.165, 1.54) is 24.3 Å². The van der Waals surface area contributed by atoms with Gasteiger partial charge in [0.1, 0.15) is 11.5 Å². The first-order chi connectivity index (χ1) is 18.2. The number of nitrogens with zero attached hydrogens (tertiary/aromatic N) is 6.